The summed E-state index contributed by atoms with van der Waals surface area (Å²) >= 11 is 0. The molecular weight excluding hydrogens is 158 g/mol. The number of hydrogen-bond acceptors (Lipinski definition) is 3. The molecule has 1 radical (unpaired) electrons. The van der Waals surface area contributed by atoms with Crippen molar-refractivity contribution in [2.75, 3.05) is 5.32 Å². The lowest BCUT2D eigenvalue weighted by Gasteiger charge is -1.92. The molecule has 0 saturated carbocycles. The van der Waals surface area contributed by atoms with Crippen LogP contribution >= 0.6 is 0 Å². The molecule has 1 N–H and O–H groups in total. The van der Waals surface area contributed by atoms with Crippen LogP contribution in [0, 0.1) is 0 Å². The summed E-state index contributed by atoms with van der Waals surface area (Å²) in [6.45, 7) is 1.37. The highest BCUT2D eigenvalue weighted by Gasteiger charge is 2.04. The van der Waals surface area contributed by atoms with Gasteiger partial charge in [-0.05, 0) is 0 Å². The Labute approximate surface area is 69.4 Å². The highest BCUT2D eigenvalue weighted by molar-refractivity contribution is 5.88. The molecule has 1 amide bonds. The highest BCUT2D eigenvalue weighted by atomic mass is 16.1. The van der Waals surface area contributed by atoms with Crippen molar-refractivity contribution in [2.24, 2.45) is 7.05 Å². The van der Waals surface area contributed by atoms with Crippen molar-refractivity contribution in [1.29, 1.82) is 0 Å². The van der Waals surface area contributed by atoms with E-state index in [4.69, 9.17) is 0 Å². The molecule has 0 aliphatic heterocycles. The van der Waals surface area contributed by atoms with Gasteiger partial charge in [0.05, 0.1) is 0 Å². The van der Waals surface area contributed by atoms with Gasteiger partial charge in [0, 0.05) is 20.2 Å². The van der Waals surface area contributed by atoms with Gasteiger partial charge in [-0.15, -0.1) is 0 Å². The van der Waals surface area contributed by atoms with Crippen LogP contribution in [0.25, 0.3) is 0 Å². The lowest BCUT2D eigenvalue weighted by atomic mass is 10.6. The van der Waals surface area contributed by atoms with E-state index in [1.165, 1.54) is 11.5 Å². The van der Waals surface area contributed by atoms with Crippen molar-refractivity contribution < 1.29 is 9.59 Å². The molecular formula is C7H8N3O2. The average Bonchev–Trinajstić information content (AvgIpc) is 2.29. The summed E-state index contributed by atoms with van der Waals surface area (Å²) in [5.41, 5.74) is 0. The van der Waals surface area contributed by atoms with Crippen molar-refractivity contribution in [3.05, 3.63) is 12.0 Å². The minimum atomic E-state index is -0.217. The molecule has 1 heterocycles. The number of rotatable bonds is 2. The molecule has 0 aliphatic carbocycles. The first-order valence-electron chi connectivity index (χ1n) is 3.32. The standard InChI is InChI=1S/C7H8N3O2/c1-5(12)8-6-3-10(2)7(4-11)9-6/h3H,1-2H3,(H,8,12). The van der Waals surface area contributed by atoms with Gasteiger partial charge in [0.2, 0.25) is 5.91 Å². The summed E-state index contributed by atoms with van der Waals surface area (Å²) in [7, 11) is 1.65. The Morgan fingerprint density at radius 2 is 2.42 bits per heavy atom. The molecule has 0 bridgehead atoms. The lowest BCUT2D eigenvalue weighted by Crippen LogP contribution is -2.05. The maximum Gasteiger partial charge on any atom is 0.272 e. The minimum Gasteiger partial charge on any atom is -0.329 e. The van der Waals surface area contributed by atoms with Gasteiger partial charge in [-0.1, -0.05) is 0 Å². The molecule has 0 fully saturated rings. The predicted octanol–water partition coefficient (Wildman–Crippen LogP) is -0.164. The van der Waals surface area contributed by atoms with E-state index in [0.29, 0.717) is 5.82 Å². The van der Waals surface area contributed by atoms with E-state index in [1.54, 1.807) is 19.5 Å². The molecule has 0 saturated heterocycles. The number of nitrogens with zero attached hydrogens (tertiary/aromatic N) is 2. The number of carbonyl (C=O) groups is 1. The third kappa shape index (κ3) is 1.69. The van der Waals surface area contributed by atoms with Gasteiger partial charge >= 0.3 is 0 Å². The van der Waals surface area contributed by atoms with Crippen molar-refractivity contribution in [2.45, 2.75) is 6.92 Å². The smallest absolute Gasteiger partial charge is 0.272 e. The summed E-state index contributed by atoms with van der Waals surface area (Å²) in [5, 5.41) is 2.45. The van der Waals surface area contributed by atoms with Gasteiger partial charge in [0.25, 0.3) is 6.29 Å². The van der Waals surface area contributed by atoms with Crippen LogP contribution in [0.5, 0.6) is 0 Å². The second kappa shape index (κ2) is 3.17. The third-order valence-corrected chi connectivity index (χ3v) is 1.27. The SMILES string of the molecule is CC(=O)Nc1cn(C)c([C]=O)n1. The Bertz CT molecular complexity index is 316. The average molecular weight is 166 g/mol. The zero-order valence-electron chi connectivity index (χ0n) is 6.79. The van der Waals surface area contributed by atoms with E-state index in [-0.39, 0.29) is 11.7 Å². The van der Waals surface area contributed by atoms with Gasteiger partial charge in [-0.2, -0.15) is 0 Å². The molecule has 1 rings (SSSR count). The van der Waals surface area contributed by atoms with Gasteiger partial charge in [0.1, 0.15) is 0 Å². The van der Waals surface area contributed by atoms with Crippen molar-refractivity contribution in [3.63, 3.8) is 0 Å². The van der Waals surface area contributed by atoms with E-state index in [0.717, 1.165) is 0 Å². The summed E-state index contributed by atoms with van der Waals surface area (Å²) < 4.78 is 1.48. The van der Waals surface area contributed by atoms with Crippen LogP contribution in [-0.4, -0.2) is 21.7 Å². The number of hydrogen-bond donors (Lipinski definition) is 1. The van der Waals surface area contributed by atoms with E-state index >= 15 is 0 Å². The largest absolute Gasteiger partial charge is 0.329 e. The normalized spacial score (nSPS) is 9.50. The second-order valence-corrected chi connectivity index (χ2v) is 2.34. The molecule has 12 heavy (non-hydrogen) atoms. The quantitative estimate of drug-likeness (QED) is 0.663. The fraction of sp³-hybridized carbons (Fsp3) is 0.286. The molecule has 0 aromatic carbocycles. The molecule has 0 aliphatic rings. The number of aromatic nitrogens is 2. The maximum atomic E-state index is 10.6. The first-order chi connectivity index (χ1) is 5.63. The van der Waals surface area contributed by atoms with E-state index in [1.807, 2.05) is 0 Å². The zero-order chi connectivity index (χ0) is 9.14. The fourth-order valence-corrected chi connectivity index (χ4v) is 0.802. The third-order valence-electron chi connectivity index (χ3n) is 1.27. The van der Waals surface area contributed by atoms with E-state index in [9.17, 15) is 9.59 Å². The minimum absolute atomic E-state index is 0.166. The second-order valence-electron chi connectivity index (χ2n) is 2.34. The Hall–Kier alpha value is -1.65. The highest BCUT2D eigenvalue weighted by Crippen LogP contribution is 2.04. The Morgan fingerprint density at radius 1 is 1.75 bits per heavy atom. The molecule has 0 spiro atoms. The number of carbonyl (C=O) groups excluding carboxylic acids is 2. The molecule has 0 atom stereocenters. The topological polar surface area (TPSA) is 64.0 Å². The van der Waals surface area contributed by atoms with Gasteiger partial charge in [-0.3, -0.25) is 9.59 Å². The van der Waals surface area contributed by atoms with Crippen molar-refractivity contribution in [3.8, 4) is 0 Å². The molecule has 1 aromatic heterocycles. The number of anilines is 1. The number of imidazole rings is 1. The van der Waals surface area contributed by atoms with Crippen LogP contribution in [0.3, 0.4) is 0 Å². The first kappa shape index (κ1) is 8.45. The number of nitrogens with one attached hydrogen (secondary N) is 1. The lowest BCUT2D eigenvalue weighted by molar-refractivity contribution is -0.114. The van der Waals surface area contributed by atoms with Crippen molar-refractivity contribution in [1.82, 2.24) is 9.55 Å². The fourth-order valence-electron chi connectivity index (χ4n) is 0.802. The molecule has 0 unspecified atom stereocenters. The van der Waals surface area contributed by atoms with Crippen LogP contribution in [-0.2, 0) is 16.6 Å². The van der Waals surface area contributed by atoms with Crippen LogP contribution in [0.1, 0.15) is 12.7 Å². The Morgan fingerprint density at radius 3 is 2.83 bits per heavy atom. The van der Waals surface area contributed by atoms with Crippen LogP contribution in [0.2, 0.25) is 0 Å². The molecule has 5 nitrogen and oxygen atoms in total. The zero-order valence-corrected chi connectivity index (χ0v) is 6.79. The monoisotopic (exact) mass is 166 g/mol. The predicted molar refractivity (Wildman–Crippen MR) is 42.3 cm³/mol. The van der Waals surface area contributed by atoms with E-state index in [2.05, 4.69) is 10.3 Å². The molecule has 63 valence electrons. The van der Waals surface area contributed by atoms with Crippen molar-refractivity contribution >= 4 is 18.0 Å². The number of amides is 1. The van der Waals surface area contributed by atoms with Crippen LogP contribution in [0.4, 0.5) is 5.82 Å². The Balaban J connectivity index is 2.89. The number of aryl methyl sites for hydroxylation is 1. The summed E-state index contributed by atoms with van der Waals surface area (Å²) in [5.74, 6) is 0.313. The van der Waals surface area contributed by atoms with Crippen LogP contribution < -0.4 is 5.32 Å². The molecule has 5 heteroatoms. The molecule has 1 aromatic rings. The summed E-state index contributed by atoms with van der Waals surface area (Å²) in [6, 6.07) is 0. The first-order valence-corrected chi connectivity index (χ1v) is 3.32. The Kier molecular flexibility index (Phi) is 2.23. The van der Waals surface area contributed by atoms with Gasteiger partial charge in [0.15, 0.2) is 11.6 Å². The van der Waals surface area contributed by atoms with Crippen LogP contribution in [0.15, 0.2) is 6.20 Å². The van der Waals surface area contributed by atoms with Gasteiger partial charge < -0.3 is 9.88 Å². The van der Waals surface area contributed by atoms with Gasteiger partial charge in [-0.25, -0.2) is 4.98 Å². The maximum absolute atomic E-state index is 10.6. The van der Waals surface area contributed by atoms with E-state index < -0.39 is 0 Å². The summed E-state index contributed by atoms with van der Waals surface area (Å²) in [4.78, 5) is 24.5. The summed E-state index contributed by atoms with van der Waals surface area (Å²) in [6.07, 6.45) is 3.18.